The van der Waals surface area contributed by atoms with Gasteiger partial charge in [0.05, 0.1) is 0 Å². The third-order valence-corrected chi connectivity index (χ3v) is 4.91. The summed E-state index contributed by atoms with van der Waals surface area (Å²) in [7, 11) is 0. The fourth-order valence-corrected chi connectivity index (χ4v) is 3.29. The third kappa shape index (κ3) is 2.22. The van der Waals surface area contributed by atoms with E-state index in [1.807, 2.05) is 0 Å². The second kappa shape index (κ2) is 3.76. The van der Waals surface area contributed by atoms with Crippen molar-refractivity contribution in [2.75, 3.05) is 13.1 Å². The Labute approximate surface area is 95.2 Å². The largest absolute Gasteiger partial charge is 0.298 e. The normalized spacial score (nSPS) is 28.8. The van der Waals surface area contributed by atoms with Crippen molar-refractivity contribution in [3.63, 3.8) is 0 Å². The van der Waals surface area contributed by atoms with Crippen LogP contribution in [0.1, 0.15) is 59.8 Å². The molecule has 0 spiro atoms. The van der Waals surface area contributed by atoms with E-state index >= 15 is 0 Å². The van der Waals surface area contributed by atoms with Crippen LogP contribution in [0.25, 0.3) is 0 Å². The molecule has 2 fully saturated rings. The number of likely N-dealkylation sites (tertiary alicyclic amines) is 1. The molecular formula is C14H27N. The van der Waals surface area contributed by atoms with Crippen molar-refractivity contribution in [3.05, 3.63) is 0 Å². The minimum Gasteiger partial charge on any atom is -0.298 e. The lowest BCUT2D eigenvalue weighted by Crippen LogP contribution is -2.54. The smallest absolute Gasteiger partial charge is 0.0181 e. The van der Waals surface area contributed by atoms with Gasteiger partial charge in [-0.25, -0.2) is 0 Å². The molecular weight excluding hydrogens is 182 g/mol. The molecule has 15 heavy (non-hydrogen) atoms. The first-order valence-electron chi connectivity index (χ1n) is 6.67. The lowest BCUT2D eigenvalue weighted by atomic mass is 9.72. The molecule has 1 heterocycles. The first-order valence-corrected chi connectivity index (χ1v) is 6.67. The monoisotopic (exact) mass is 209 g/mol. The van der Waals surface area contributed by atoms with E-state index in [0.717, 1.165) is 5.92 Å². The van der Waals surface area contributed by atoms with Gasteiger partial charge in [0.1, 0.15) is 0 Å². The fraction of sp³-hybridized carbons (Fsp3) is 1.00. The highest BCUT2D eigenvalue weighted by molar-refractivity contribution is 4.96. The zero-order valence-electron chi connectivity index (χ0n) is 11.0. The minimum absolute atomic E-state index is 0.520. The molecule has 0 unspecified atom stereocenters. The maximum Gasteiger partial charge on any atom is 0.0181 e. The van der Waals surface area contributed by atoms with Gasteiger partial charge in [-0.15, -0.1) is 0 Å². The summed E-state index contributed by atoms with van der Waals surface area (Å²) in [6.07, 6.45) is 7.16. The van der Waals surface area contributed by atoms with Crippen LogP contribution in [0.5, 0.6) is 0 Å². The Balaban J connectivity index is 1.87. The number of rotatable bonds is 1. The zero-order chi connectivity index (χ0) is 11.1. The SMILES string of the molecule is CC(C)(C)C1CCN(C2(C)CCC2)CC1. The highest BCUT2D eigenvalue weighted by Crippen LogP contribution is 2.42. The van der Waals surface area contributed by atoms with Gasteiger partial charge in [-0.2, -0.15) is 0 Å². The van der Waals surface area contributed by atoms with Gasteiger partial charge in [0, 0.05) is 5.54 Å². The second-order valence-electron chi connectivity index (χ2n) is 6.98. The quantitative estimate of drug-likeness (QED) is 0.636. The van der Waals surface area contributed by atoms with Gasteiger partial charge in [-0.3, -0.25) is 4.90 Å². The van der Waals surface area contributed by atoms with Crippen molar-refractivity contribution in [2.45, 2.75) is 65.3 Å². The first kappa shape index (κ1) is 11.4. The first-order chi connectivity index (χ1) is 6.92. The van der Waals surface area contributed by atoms with E-state index in [1.54, 1.807) is 0 Å². The van der Waals surface area contributed by atoms with Crippen molar-refractivity contribution in [3.8, 4) is 0 Å². The Morgan fingerprint density at radius 3 is 1.93 bits per heavy atom. The summed E-state index contributed by atoms with van der Waals surface area (Å²) in [4.78, 5) is 2.76. The predicted octanol–water partition coefficient (Wildman–Crippen LogP) is 3.69. The van der Waals surface area contributed by atoms with Gasteiger partial charge in [-0.1, -0.05) is 20.8 Å². The molecule has 1 heteroatoms. The molecule has 0 radical (unpaired) electrons. The Morgan fingerprint density at radius 2 is 1.60 bits per heavy atom. The van der Waals surface area contributed by atoms with Crippen molar-refractivity contribution < 1.29 is 0 Å². The van der Waals surface area contributed by atoms with Crippen LogP contribution in [0.3, 0.4) is 0 Å². The van der Waals surface area contributed by atoms with Crippen LogP contribution in [0, 0.1) is 11.3 Å². The van der Waals surface area contributed by atoms with Gasteiger partial charge < -0.3 is 0 Å². The van der Waals surface area contributed by atoms with E-state index in [9.17, 15) is 0 Å². The highest BCUT2D eigenvalue weighted by Gasteiger charge is 2.40. The average molecular weight is 209 g/mol. The Kier molecular flexibility index (Phi) is 2.87. The summed E-state index contributed by atoms with van der Waals surface area (Å²) in [5.74, 6) is 0.942. The summed E-state index contributed by atoms with van der Waals surface area (Å²) in [5.41, 5.74) is 1.11. The van der Waals surface area contributed by atoms with Crippen LogP contribution >= 0.6 is 0 Å². The van der Waals surface area contributed by atoms with Crippen LogP contribution in [0.2, 0.25) is 0 Å². The van der Waals surface area contributed by atoms with E-state index in [0.29, 0.717) is 11.0 Å². The molecule has 0 N–H and O–H groups in total. The van der Waals surface area contributed by atoms with Crippen molar-refractivity contribution in [1.29, 1.82) is 0 Å². The lowest BCUT2D eigenvalue weighted by molar-refractivity contribution is -0.00969. The van der Waals surface area contributed by atoms with E-state index in [4.69, 9.17) is 0 Å². The molecule has 1 aliphatic heterocycles. The number of hydrogen-bond donors (Lipinski definition) is 0. The molecule has 1 nitrogen and oxygen atoms in total. The Bertz CT molecular complexity index is 214. The van der Waals surface area contributed by atoms with Gasteiger partial charge in [0.15, 0.2) is 0 Å². The Morgan fingerprint density at radius 1 is 1.07 bits per heavy atom. The van der Waals surface area contributed by atoms with Crippen LogP contribution in [0.4, 0.5) is 0 Å². The molecule has 1 saturated heterocycles. The lowest BCUT2D eigenvalue weighted by Gasteiger charge is -2.52. The van der Waals surface area contributed by atoms with Crippen LogP contribution in [-0.2, 0) is 0 Å². The summed E-state index contributed by atoms with van der Waals surface area (Å²) in [6, 6.07) is 0. The Hall–Kier alpha value is -0.0400. The predicted molar refractivity (Wildman–Crippen MR) is 66.0 cm³/mol. The second-order valence-corrected chi connectivity index (χ2v) is 6.98. The van der Waals surface area contributed by atoms with Crippen molar-refractivity contribution in [1.82, 2.24) is 4.90 Å². The van der Waals surface area contributed by atoms with Crippen molar-refractivity contribution in [2.24, 2.45) is 11.3 Å². The van der Waals surface area contributed by atoms with Gasteiger partial charge in [0.25, 0.3) is 0 Å². The fourth-order valence-electron chi connectivity index (χ4n) is 3.29. The topological polar surface area (TPSA) is 3.24 Å². The van der Waals surface area contributed by atoms with Gasteiger partial charge in [0.2, 0.25) is 0 Å². The molecule has 88 valence electrons. The van der Waals surface area contributed by atoms with E-state index < -0.39 is 0 Å². The summed E-state index contributed by atoms with van der Waals surface area (Å²) in [5, 5.41) is 0. The zero-order valence-corrected chi connectivity index (χ0v) is 11.0. The molecule has 0 amide bonds. The van der Waals surface area contributed by atoms with E-state index in [-0.39, 0.29) is 0 Å². The molecule has 0 bridgehead atoms. The minimum atomic E-state index is 0.520. The number of piperidine rings is 1. The maximum atomic E-state index is 2.76. The van der Waals surface area contributed by atoms with E-state index in [2.05, 4.69) is 32.6 Å². The molecule has 2 aliphatic rings. The molecule has 0 aromatic heterocycles. The molecule has 0 aromatic carbocycles. The summed E-state index contributed by atoms with van der Waals surface area (Å²) < 4.78 is 0. The summed E-state index contributed by atoms with van der Waals surface area (Å²) in [6.45, 7) is 12.4. The standard InChI is InChI=1S/C14H27N/c1-13(2,3)12-6-10-15(11-7-12)14(4)8-5-9-14/h12H,5-11H2,1-4H3. The number of nitrogens with zero attached hydrogens (tertiary/aromatic N) is 1. The molecule has 0 atom stereocenters. The van der Waals surface area contributed by atoms with Gasteiger partial charge in [-0.05, 0) is 63.5 Å². The molecule has 1 saturated carbocycles. The van der Waals surface area contributed by atoms with Crippen molar-refractivity contribution >= 4 is 0 Å². The van der Waals surface area contributed by atoms with Crippen LogP contribution in [-0.4, -0.2) is 23.5 Å². The summed E-state index contributed by atoms with van der Waals surface area (Å²) >= 11 is 0. The highest BCUT2D eigenvalue weighted by atomic mass is 15.2. The van der Waals surface area contributed by atoms with Crippen LogP contribution in [0.15, 0.2) is 0 Å². The van der Waals surface area contributed by atoms with Crippen LogP contribution < -0.4 is 0 Å². The molecule has 0 aromatic rings. The maximum absolute atomic E-state index is 2.76. The molecule has 1 aliphatic carbocycles. The van der Waals surface area contributed by atoms with E-state index in [1.165, 1.54) is 45.2 Å². The molecule has 2 rings (SSSR count). The van der Waals surface area contributed by atoms with Gasteiger partial charge >= 0.3 is 0 Å². The average Bonchev–Trinajstić information content (AvgIpc) is 2.13. The third-order valence-electron chi connectivity index (χ3n) is 4.91. The number of hydrogen-bond acceptors (Lipinski definition) is 1.